The molecule has 5 heteroatoms. The third kappa shape index (κ3) is 2.74. The lowest BCUT2D eigenvalue weighted by Gasteiger charge is -2.08. The highest BCUT2D eigenvalue weighted by Gasteiger charge is 2.16. The van der Waals surface area contributed by atoms with Crippen molar-refractivity contribution in [3.63, 3.8) is 0 Å². The van der Waals surface area contributed by atoms with Gasteiger partial charge in [0.25, 0.3) is 0 Å². The Bertz CT molecular complexity index is 600. The maximum Gasteiger partial charge on any atom is 0.203 e. The lowest BCUT2D eigenvalue weighted by molar-refractivity contribution is 0.104. The number of ketones is 1. The van der Waals surface area contributed by atoms with E-state index in [1.54, 1.807) is 31.4 Å². The summed E-state index contributed by atoms with van der Waals surface area (Å²) in [7, 11) is 3.10. The van der Waals surface area contributed by atoms with Gasteiger partial charge in [-0.05, 0) is 36.8 Å². The zero-order chi connectivity index (χ0) is 14.0. The second-order valence-corrected chi connectivity index (χ2v) is 5.62. The molecule has 3 nitrogen and oxygen atoms in total. The van der Waals surface area contributed by atoms with Crippen molar-refractivity contribution in [1.82, 2.24) is 0 Å². The molecule has 0 aliphatic heterocycles. The van der Waals surface area contributed by atoms with Crippen LogP contribution in [0.5, 0.6) is 11.5 Å². The Balaban J connectivity index is 2.39. The van der Waals surface area contributed by atoms with Crippen LogP contribution >= 0.6 is 22.9 Å². The number of benzene rings is 1. The van der Waals surface area contributed by atoms with Gasteiger partial charge in [-0.15, -0.1) is 11.3 Å². The summed E-state index contributed by atoms with van der Waals surface area (Å²) in [4.78, 5) is 13.0. The Morgan fingerprint density at radius 3 is 2.37 bits per heavy atom. The normalized spacial score (nSPS) is 10.3. The maximum atomic E-state index is 12.3. The average molecular weight is 297 g/mol. The van der Waals surface area contributed by atoms with Gasteiger partial charge in [-0.25, -0.2) is 0 Å². The van der Waals surface area contributed by atoms with Crippen molar-refractivity contribution in [3.8, 4) is 11.5 Å². The van der Waals surface area contributed by atoms with Crippen molar-refractivity contribution < 1.29 is 14.3 Å². The van der Waals surface area contributed by atoms with Crippen LogP contribution in [0.3, 0.4) is 0 Å². The molecule has 0 spiro atoms. The summed E-state index contributed by atoms with van der Waals surface area (Å²) in [6.07, 6.45) is 0. The number of aryl methyl sites for hydroxylation is 1. The number of halogens is 1. The van der Waals surface area contributed by atoms with Crippen molar-refractivity contribution in [2.75, 3.05) is 14.2 Å². The fraction of sp³-hybridized carbons (Fsp3) is 0.214. The predicted octanol–water partition coefficient (Wildman–Crippen LogP) is 3.96. The summed E-state index contributed by atoms with van der Waals surface area (Å²) >= 11 is 7.27. The van der Waals surface area contributed by atoms with E-state index in [2.05, 4.69) is 0 Å². The van der Waals surface area contributed by atoms with Gasteiger partial charge in [0.1, 0.15) is 0 Å². The Morgan fingerprint density at radius 2 is 1.84 bits per heavy atom. The highest BCUT2D eigenvalue weighted by atomic mass is 35.5. The molecule has 2 aromatic rings. The van der Waals surface area contributed by atoms with E-state index in [0.717, 1.165) is 5.56 Å². The van der Waals surface area contributed by atoms with Gasteiger partial charge in [-0.3, -0.25) is 4.79 Å². The molecule has 2 rings (SSSR count). The van der Waals surface area contributed by atoms with Crippen LogP contribution in [0.15, 0.2) is 24.3 Å². The topological polar surface area (TPSA) is 35.5 Å². The first-order valence-electron chi connectivity index (χ1n) is 5.59. The van der Waals surface area contributed by atoms with Gasteiger partial charge in [0.15, 0.2) is 11.5 Å². The van der Waals surface area contributed by atoms with Crippen LogP contribution in [0.2, 0.25) is 4.34 Å². The molecule has 0 fully saturated rings. The zero-order valence-corrected chi connectivity index (χ0v) is 12.4. The first-order chi connectivity index (χ1) is 9.06. The summed E-state index contributed by atoms with van der Waals surface area (Å²) in [6, 6.07) is 6.90. The van der Waals surface area contributed by atoms with E-state index >= 15 is 0 Å². The minimum Gasteiger partial charge on any atom is -0.493 e. The van der Waals surface area contributed by atoms with E-state index in [1.807, 2.05) is 6.92 Å². The molecule has 0 unspecified atom stereocenters. The summed E-state index contributed by atoms with van der Waals surface area (Å²) in [6.45, 7) is 1.88. The summed E-state index contributed by atoms with van der Waals surface area (Å²) in [5, 5.41) is 0. The maximum absolute atomic E-state index is 12.3. The lowest BCUT2D eigenvalue weighted by Crippen LogP contribution is -2.00. The van der Waals surface area contributed by atoms with Gasteiger partial charge in [-0.1, -0.05) is 11.6 Å². The quantitative estimate of drug-likeness (QED) is 0.801. The molecule has 1 heterocycles. The number of rotatable bonds is 4. The third-order valence-corrected chi connectivity index (χ3v) is 4.28. The molecule has 0 aliphatic carbocycles. The van der Waals surface area contributed by atoms with Gasteiger partial charge >= 0.3 is 0 Å². The fourth-order valence-corrected chi connectivity index (χ4v) is 2.85. The molecule has 0 N–H and O–H groups in total. The SMILES string of the molecule is COc1ccc(C(=O)c2cc(C)c(Cl)s2)cc1OC. The van der Waals surface area contributed by atoms with Crippen LogP contribution < -0.4 is 9.47 Å². The van der Waals surface area contributed by atoms with Gasteiger partial charge in [-0.2, -0.15) is 0 Å². The van der Waals surface area contributed by atoms with E-state index in [-0.39, 0.29) is 5.78 Å². The van der Waals surface area contributed by atoms with Crippen LogP contribution in [-0.4, -0.2) is 20.0 Å². The standard InChI is InChI=1S/C14H13ClO3S/c1-8-6-12(19-14(8)15)13(16)9-4-5-10(17-2)11(7-9)18-3/h4-7H,1-3H3. The van der Waals surface area contributed by atoms with E-state index in [1.165, 1.54) is 18.4 Å². The number of hydrogen-bond acceptors (Lipinski definition) is 4. The Morgan fingerprint density at radius 1 is 1.16 bits per heavy atom. The first kappa shape index (κ1) is 13.9. The first-order valence-corrected chi connectivity index (χ1v) is 6.79. The van der Waals surface area contributed by atoms with Crippen LogP contribution in [-0.2, 0) is 0 Å². The summed E-state index contributed by atoms with van der Waals surface area (Å²) in [5.41, 5.74) is 1.46. The van der Waals surface area contributed by atoms with Crippen LogP contribution in [0.4, 0.5) is 0 Å². The smallest absolute Gasteiger partial charge is 0.203 e. The summed E-state index contributed by atoms with van der Waals surface area (Å²) in [5.74, 6) is 1.06. The molecule has 0 aliphatic rings. The molecule has 1 aromatic heterocycles. The van der Waals surface area contributed by atoms with Crippen molar-refractivity contribution >= 4 is 28.7 Å². The highest BCUT2D eigenvalue weighted by Crippen LogP contribution is 2.32. The molecular weight excluding hydrogens is 284 g/mol. The van der Waals surface area contributed by atoms with Crippen molar-refractivity contribution in [3.05, 3.63) is 44.6 Å². The number of thiophene rings is 1. The van der Waals surface area contributed by atoms with Crippen molar-refractivity contribution in [1.29, 1.82) is 0 Å². The summed E-state index contributed by atoms with van der Waals surface area (Å²) < 4.78 is 11.0. The largest absolute Gasteiger partial charge is 0.493 e. The van der Waals surface area contributed by atoms with E-state index in [0.29, 0.717) is 26.3 Å². The van der Waals surface area contributed by atoms with Gasteiger partial charge < -0.3 is 9.47 Å². The number of carbonyl (C=O) groups excluding carboxylic acids is 1. The molecule has 100 valence electrons. The molecular formula is C14H13ClO3S. The third-order valence-electron chi connectivity index (χ3n) is 2.73. The Hall–Kier alpha value is -1.52. The minimum atomic E-state index is -0.0686. The lowest BCUT2D eigenvalue weighted by atomic mass is 10.1. The van der Waals surface area contributed by atoms with Gasteiger partial charge in [0, 0.05) is 5.56 Å². The van der Waals surface area contributed by atoms with Crippen molar-refractivity contribution in [2.24, 2.45) is 0 Å². The second-order valence-electron chi connectivity index (χ2n) is 3.97. The molecule has 0 amide bonds. The number of methoxy groups -OCH3 is 2. The van der Waals surface area contributed by atoms with E-state index < -0.39 is 0 Å². The molecule has 0 atom stereocenters. The molecule has 0 bridgehead atoms. The molecule has 1 aromatic carbocycles. The molecule has 0 radical (unpaired) electrons. The highest BCUT2D eigenvalue weighted by molar-refractivity contribution is 7.18. The number of carbonyl (C=O) groups is 1. The van der Waals surface area contributed by atoms with Crippen molar-refractivity contribution in [2.45, 2.75) is 6.92 Å². The molecule has 0 saturated heterocycles. The van der Waals surface area contributed by atoms with Gasteiger partial charge in [0.2, 0.25) is 5.78 Å². The van der Waals surface area contributed by atoms with E-state index in [4.69, 9.17) is 21.1 Å². The molecule has 0 saturated carbocycles. The van der Waals surface area contributed by atoms with Crippen LogP contribution in [0, 0.1) is 6.92 Å². The van der Waals surface area contributed by atoms with Gasteiger partial charge in [0.05, 0.1) is 23.4 Å². The zero-order valence-electron chi connectivity index (χ0n) is 10.8. The van der Waals surface area contributed by atoms with E-state index in [9.17, 15) is 4.79 Å². The number of hydrogen-bond donors (Lipinski definition) is 0. The minimum absolute atomic E-state index is 0.0686. The Kier molecular flexibility index (Phi) is 4.12. The van der Waals surface area contributed by atoms with Crippen LogP contribution in [0.25, 0.3) is 0 Å². The predicted molar refractivity (Wildman–Crippen MR) is 77.0 cm³/mol. The fourth-order valence-electron chi connectivity index (χ4n) is 1.69. The number of ether oxygens (including phenoxy) is 2. The Labute approximate surface area is 120 Å². The van der Waals surface area contributed by atoms with Crippen LogP contribution in [0.1, 0.15) is 20.8 Å². The monoisotopic (exact) mass is 296 g/mol. The average Bonchev–Trinajstić information content (AvgIpc) is 2.77. The molecule has 19 heavy (non-hydrogen) atoms. The second kappa shape index (κ2) is 5.63.